The fraction of sp³-hybridized carbons (Fsp3) is 0.619. The van der Waals surface area contributed by atoms with E-state index in [1.165, 1.54) is 0 Å². The van der Waals surface area contributed by atoms with Crippen molar-refractivity contribution in [1.29, 1.82) is 0 Å². The molecule has 1 heterocycles. The van der Waals surface area contributed by atoms with Crippen LogP contribution >= 0.6 is 23.2 Å². The van der Waals surface area contributed by atoms with Gasteiger partial charge in [0.05, 0.1) is 5.92 Å². The number of carbonyl (C=O) groups excluding carboxylic acids is 2. The van der Waals surface area contributed by atoms with Crippen molar-refractivity contribution in [3.8, 4) is 0 Å². The van der Waals surface area contributed by atoms with Gasteiger partial charge in [-0.25, -0.2) is 4.79 Å². The van der Waals surface area contributed by atoms with E-state index >= 15 is 0 Å². The number of hydrogen-bond acceptors (Lipinski definition) is 3. The number of likely N-dealkylation sites (tertiary alicyclic amines) is 1. The topological polar surface area (TPSA) is 49.9 Å². The Morgan fingerprint density at radius 2 is 1.96 bits per heavy atom. The number of hydrogen-bond donors (Lipinski definition) is 0. The van der Waals surface area contributed by atoms with Crippen molar-refractivity contribution < 1.29 is 14.3 Å². The highest BCUT2D eigenvalue weighted by Crippen LogP contribution is 2.26. The van der Waals surface area contributed by atoms with Gasteiger partial charge in [-0.3, -0.25) is 4.79 Å². The Bertz CT molecular complexity index is 716. The molecule has 0 radical (unpaired) electrons. The van der Waals surface area contributed by atoms with E-state index in [1.807, 2.05) is 45.6 Å². The molecular formula is C21H30Cl2N2O3. The molecule has 1 atom stereocenters. The summed E-state index contributed by atoms with van der Waals surface area (Å²) in [6.45, 7) is 10.9. The maximum Gasteiger partial charge on any atom is 0.410 e. The monoisotopic (exact) mass is 428 g/mol. The molecule has 0 N–H and O–H groups in total. The van der Waals surface area contributed by atoms with E-state index in [1.54, 1.807) is 17.0 Å². The van der Waals surface area contributed by atoms with E-state index in [9.17, 15) is 9.59 Å². The van der Waals surface area contributed by atoms with E-state index < -0.39 is 5.60 Å². The van der Waals surface area contributed by atoms with Gasteiger partial charge in [0.15, 0.2) is 0 Å². The molecule has 0 unspecified atom stereocenters. The normalized spacial score (nSPS) is 17.6. The smallest absolute Gasteiger partial charge is 0.410 e. The van der Waals surface area contributed by atoms with E-state index in [-0.39, 0.29) is 24.0 Å². The van der Waals surface area contributed by atoms with Crippen molar-refractivity contribution >= 4 is 35.2 Å². The summed E-state index contributed by atoms with van der Waals surface area (Å²) in [6.07, 6.45) is 1.18. The Kier molecular flexibility index (Phi) is 7.63. The van der Waals surface area contributed by atoms with Gasteiger partial charge in [0.25, 0.3) is 0 Å². The van der Waals surface area contributed by atoms with Gasteiger partial charge in [0.2, 0.25) is 5.91 Å². The third-order valence-corrected chi connectivity index (χ3v) is 5.27. The largest absolute Gasteiger partial charge is 0.444 e. The Hall–Kier alpha value is -1.46. The minimum Gasteiger partial charge on any atom is -0.444 e. The van der Waals surface area contributed by atoms with E-state index in [2.05, 4.69) is 0 Å². The molecule has 1 aromatic carbocycles. The first-order valence-electron chi connectivity index (χ1n) is 9.70. The molecule has 28 heavy (non-hydrogen) atoms. The standard InChI is InChI=1S/C21H30Cl2N2O3/c1-14(2)25(13-15-8-9-17(22)11-18(15)23)19(26)16-7-6-10-24(12-16)20(27)28-21(3,4)5/h8-9,11,14,16H,6-7,10,12-13H2,1-5H3/t16-/m1/s1. The summed E-state index contributed by atoms with van der Waals surface area (Å²) in [7, 11) is 0. The molecule has 5 nitrogen and oxygen atoms in total. The molecule has 1 aliphatic heterocycles. The molecule has 156 valence electrons. The summed E-state index contributed by atoms with van der Waals surface area (Å²) in [5, 5.41) is 1.11. The van der Waals surface area contributed by atoms with Crippen molar-refractivity contribution in [1.82, 2.24) is 9.80 Å². The number of benzene rings is 1. The van der Waals surface area contributed by atoms with Gasteiger partial charge in [-0.2, -0.15) is 0 Å². The van der Waals surface area contributed by atoms with E-state index in [4.69, 9.17) is 27.9 Å². The Balaban J connectivity index is 2.10. The van der Waals surface area contributed by atoms with Crippen LogP contribution in [0.1, 0.15) is 53.0 Å². The zero-order valence-corrected chi connectivity index (χ0v) is 18.8. The average molecular weight is 429 g/mol. The van der Waals surface area contributed by atoms with Gasteiger partial charge in [0, 0.05) is 35.7 Å². The van der Waals surface area contributed by atoms with Gasteiger partial charge in [0.1, 0.15) is 5.60 Å². The first-order valence-corrected chi connectivity index (χ1v) is 10.5. The van der Waals surface area contributed by atoms with Crippen molar-refractivity contribution in [2.75, 3.05) is 13.1 Å². The van der Waals surface area contributed by atoms with Crippen LogP contribution in [0.5, 0.6) is 0 Å². The summed E-state index contributed by atoms with van der Waals surface area (Å²) < 4.78 is 5.47. The summed E-state index contributed by atoms with van der Waals surface area (Å²) in [6, 6.07) is 5.32. The molecule has 7 heteroatoms. The average Bonchev–Trinajstić information content (AvgIpc) is 2.59. The zero-order chi connectivity index (χ0) is 21.1. The van der Waals surface area contributed by atoms with Crippen LogP contribution in [-0.2, 0) is 16.1 Å². The number of halogens is 2. The lowest BCUT2D eigenvalue weighted by Gasteiger charge is -2.37. The summed E-state index contributed by atoms with van der Waals surface area (Å²) in [5.41, 5.74) is 0.302. The molecule has 2 amide bonds. The SMILES string of the molecule is CC(C)N(Cc1ccc(Cl)cc1Cl)C(=O)[C@@H]1CCCN(C(=O)OC(C)(C)C)C1. The highest BCUT2D eigenvalue weighted by Gasteiger charge is 2.34. The predicted octanol–water partition coefficient (Wildman–Crippen LogP) is 5.38. The first-order chi connectivity index (χ1) is 13.0. The Labute approximate surface area is 177 Å². The molecule has 0 saturated carbocycles. The minimum absolute atomic E-state index is 0.0103. The van der Waals surface area contributed by atoms with Crippen LogP contribution in [0.2, 0.25) is 10.0 Å². The predicted molar refractivity (Wildman–Crippen MR) is 113 cm³/mol. The maximum atomic E-state index is 13.3. The highest BCUT2D eigenvalue weighted by molar-refractivity contribution is 6.35. The number of piperidine rings is 1. The summed E-state index contributed by atoms with van der Waals surface area (Å²) >= 11 is 12.3. The Morgan fingerprint density at radius 1 is 1.29 bits per heavy atom. The molecule has 2 rings (SSSR count). The van der Waals surface area contributed by atoms with Crippen molar-refractivity contribution in [2.24, 2.45) is 5.92 Å². The van der Waals surface area contributed by atoms with Crippen molar-refractivity contribution in [2.45, 2.75) is 65.6 Å². The molecule has 0 aliphatic carbocycles. The minimum atomic E-state index is -0.552. The number of nitrogens with zero attached hydrogens (tertiary/aromatic N) is 2. The molecule has 0 spiro atoms. The van der Waals surface area contributed by atoms with Crippen molar-refractivity contribution in [3.05, 3.63) is 33.8 Å². The lowest BCUT2D eigenvalue weighted by molar-refractivity contribution is -0.139. The first kappa shape index (κ1) is 22.8. The fourth-order valence-corrected chi connectivity index (χ4v) is 3.72. The second-order valence-electron chi connectivity index (χ2n) is 8.56. The van der Waals surface area contributed by atoms with Crippen LogP contribution in [0.25, 0.3) is 0 Å². The second-order valence-corrected chi connectivity index (χ2v) is 9.40. The van der Waals surface area contributed by atoms with Crippen LogP contribution < -0.4 is 0 Å². The van der Waals surface area contributed by atoms with Gasteiger partial charge in [-0.1, -0.05) is 29.3 Å². The van der Waals surface area contributed by atoms with Gasteiger partial charge >= 0.3 is 6.09 Å². The van der Waals surface area contributed by atoms with Crippen LogP contribution in [0.3, 0.4) is 0 Å². The number of amides is 2. The summed E-state index contributed by atoms with van der Waals surface area (Å²) in [5.74, 6) is -0.205. The number of ether oxygens (including phenoxy) is 1. The molecule has 1 aliphatic rings. The molecular weight excluding hydrogens is 399 g/mol. The zero-order valence-electron chi connectivity index (χ0n) is 17.3. The van der Waals surface area contributed by atoms with Crippen molar-refractivity contribution in [3.63, 3.8) is 0 Å². The van der Waals surface area contributed by atoms with Gasteiger partial charge in [-0.15, -0.1) is 0 Å². The van der Waals surface area contributed by atoms with E-state index in [0.717, 1.165) is 18.4 Å². The van der Waals surface area contributed by atoms with E-state index in [0.29, 0.717) is 29.7 Å². The highest BCUT2D eigenvalue weighted by atomic mass is 35.5. The number of rotatable bonds is 4. The summed E-state index contributed by atoms with van der Waals surface area (Å²) in [4.78, 5) is 29.1. The molecule has 1 saturated heterocycles. The molecule has 0 bridgehead atoms. The molecule has 1 aromatic rings. The quantitative estimate of drug-likeness (QED) is 0.646. The molecule has 1 fully saturated rings. The number of carbonyl (C=O) groups is 2. The lowest BCUT2D eigenvalue weighted by Crippen LogP contribution is -2.49. The van der Waals surface area contributed by atoms with Crippen LogP contribution in [0.4, 0.5) is 4.79 Å². The third-order valence-electron chi connectivity index (χ3n) is 4.68. The lowest BCUT2D eigenvalue weighted by atomic mass is 9.96. The van der Waals surface area contributed by atoms with Gasteiger partial charge < -0.3 is 14.5 Å². The van der Waals surface area contributed by atoms with Crippen LogP contribution in [0.15, 0.2) is 18.2 Å². The van der Waals surface area contributed by atoms with Crippen LogP contribution in [-0.4, -0.2) is 46.5 Å². The third kappa shape index (κ3) is 6.28. The maximum absolute atomic E-state index is 13.3. The second kappa shape index (κ2) is 9.36. The Morgan fingerprint density at radius 3 is 2.54 bits per heavy atom. The van der Waals surface area contributed by atoms with Gasteiger partial charge in [-0.05, 0) is 65.2 Å². The fourth-order valence-electron chi connectivity index (χ4n) is 3.25. The molecule has 0 aromatic heterocycles. The van der Waals surface area contributed by atoms with Crippen LogP contribution in [0, 0.1) is 5.92 Å².